The number of hydrogen-bond acceptors (Lipinski definition) is 4. The number of carbonyl (C=O) groups is 3. The van der Waals surface area contributed by atoms with Gasteiger partial charge in [0, 0.05) is 10.4 Å². The summed E-state index contributed by atoms with van der Waals surface area (Å²) >= 11 is 5.93. The molecule has 0 heterocycles. The summed E-state index contributed by atoms with van der Waals surface area (Å²) in [4.78, 5) is 39.1. The predicted octanol–water partition coefficient (Wildman–Crippen LogP) is 5.81. The molecule has 7 atom stereocenters. The largest absolute Gasteiger partial charge is 0.481 e. The first kappa shape index (κ1) is 23.6. The molecular weight excluding hydrogens is 452 g/mol. The maximum absolute atomic E-state index is 13.4. The van der Waals surface area contributed by atoms with Gasteiger partial charge in [0.05, 0.1) is 17.6 Å². The Balaban J connectivity index is 1.53. The molecule has 4 aliphatic rings. The number of carbonyl (C=O) groups excluding carboxylic acids is 2. The van der Waals surface area contributed by atoms with E-state index in [0.29, 0.717) is 35.3 Å². The molecule has 34 heavy (non-hydrogen) atoms. The van der Waals surface area contributed by atoms with Gasteiger partial charge in [0.15, 0.2) is 0 Å². The highest BCUT2D eigenvalue weighted by Gasteiger charge is 2.83. The smallest absolute Gasteiger partial charge is 0.338 e. The summed E-state index contributed by atoms with van der Waals surface area (Å²) in [6, 6.07) is 6.55. The number of aldehydes is 1. The van der Waals surface area contributed by atoms with E-state index < -0.39 is 28.2 Å². The molecule has 6 unspecified atom stereocenters. The lowest BCUT2D eigenvalue weighted by molar-refractivity contribution is -0.181. The Labute approximate surface area is 205 Å². The van der Waals surface area contributed by atoms with Crippen molar-refractivity contribution in [1.82, 2.24) is 0 Å². The SMILES string of the molecule is CC(C)C1=CC2CC3(C=O)C4CC[C@@H](C)C4CC2(CCOC(=O)c2ccc(Cl)cc2)C13C(=O)O. The van der Waals surface area contributed by atoms with Crippen LogP contribution in [-0.4, -0.2) is 29.9 Å². The number of carboxylic acids is 1. The number of rotatable bonds is 7. The predicted molar refractivity (Wildman–Crippen MR) is 128 cm³/mol. The summed E-state index contributed by atoms with van der Waals surface area (Å²) < 4.78 is 5.68. The number of fused-ring (bicyclic) bond motifs is 2. The van der Waals surface area contributed by atoms with Gasteiger partial charge in [-0.3, -0.25) is 4.79 Å². The van der Waals surface area contributed by atoms with Crippen LogP contribution in [0, 0.1) is 45.8 Å². The lowest BCUT2D eigenvalue weighted by Crippen LogP contribution is -2.62. The molecule has 0 amide bonds. The van der Waals surface area contributed by atoms with Crippen LogP contribution < -0.4 is 0 Å². The monoisotopic (exact) mass is 484 g/mol. The van der Waals surface area contributed by atoms with Gasteiger partial charge in [-0.1, -0.05) is 50.4 Å². The van der Waals surface area contributed by atoms with E-state index in [4.69, 9.17) is 16.3 Å². The summed E-state index contributed by atoms with van der Waals surface area (Å²) in [5, 5.41) is 11.5. The lowest BCUT2D eigenvalue weighted by atomic mass is 9.42. The van der Waals surface area contributed by atoms with Crippen molar-refractivity contribution in [2.75, 3.05) is 6.61 Å². The van der Waals surface area contributed by atoms with Gasteiger partial charge < -0.3 is 14.6 Å². The number of benzene rings is 1. The van der Waals surface area contributed by atoms with Crippen molar-refractivity contribution in [2.24, 2.45) is 45.8 Å². The summed E-state index contributed by atoms with van der Waals surface area (Å²) in [5.74, 6) is -0.370. The van der Waals surface area contributed by atoms with E-state index in [1.54, 1.807) is 24.3 Å². The van der Waals surface area contributed by atoms with Crippen molar-refractivity contribution in [1.29, 1.82) is 0 Å². The number of carboxylic acid groups (broad SMARTS) is 1. The van der Waals surface area contributed by atoms with E-state index in [0.717, 1.165) is 31.1 Å². The number of hydrogen-bond donors (Lipinski definition) is 1. The average molecular weight is 485 g/mol. The standard InChI is InChI=1S/C28H33ClO5/c1-16(2)23-12-19-13-27(15-30)22-9-4-17(3)21(22)14-26(19,28(23,27)25(32)33)10-11-34-24(31)18-5-7-20(29)8-6-18/h5-8,12,15-17,19,21-22H,4,9-11,13-14H2,1-3H3,(H,32,33)/t17-,19?,21?,22?,26?,27?,28?/m1/s1. The first-order valence-corrected chi connectivity index (χ1v) is 12.9. The first-order chi connectivity index (χ1) is 16.1. The van der Waals surface area contributed by atoms with E-state index in [1.807, 2.05) is 13.8 Å². The molecule has 5 nitrogen and oxygen atoms in total. The minimum absolute atomic E-state index is 0.0123. The fourth-order valence-electron chi connectivity index (χ4n) is 8.83. The maximum atomic E-state index is 13.4. The van der Waals surface area contributed by atoms with Gasteiger partial charge in [-0.2, -0.15) is 0 Å². The van der Waals surface area contributed by atoms with Gasteiger partial charge in [0.1, 0.15) is 11.7 Å². The quantitative estimate of drug-likeness (QED) is 0.300. The van der Waals surface area contributed by atoms with Crippen LogP contribution in [0.4, 0.5) is 0 Å². The van der Waals surface area contributed by atoms with Crippen molar-refractivity contribution in [3.63, 3.8) is 0 Å². The molecular formula is C28H33ClO5. The Hall–Kier alpha value is -2.14. The van der Waals surface area contributed by atoms with Crippen LogP contribution in [0.2, 0.25) is 5.02 Å². The minimum Gasteiger partial charge on any atom is -0.481 e. The van der Waals surface area contributed by atoms with Crippen LogP contribution in [0.25, 0.3) is 0 Å². The van der Waals surface area contributed by atoms with Gasteiger partial charge in [-0.15, -0.1) is 0 Å². The first-order valence-electron chi connectivity index (χ1n) is 12.5. The zero-order valence-electron chi connectivity index (χ0n) is 20.1. The molecule has 0 saturated heterocycles. The van der Waals surface area contributed by atoms with Crippen molar-refractivity contribution in [3.8, 4) is 0 Å². The topological polar surface area (TPSA) is 80.7 Å². The van der Waals surface area contributed by atoms with Crippen molar-refractivity contribution in [3.05, 3.63) is 46.5 Å². The van der Waals surface area contributed by atoms with Crippen LogP contribution in [0.5, 0.6) is 0 Å². The van der Waals surface area contributed by atoms with E-state index in [1.165, 1.54) is 0 Å². The van der Waals surface area contributed by atoms with E-state index in [-0.39, 0.29) is 24.4 Å². The zero-order valence-corrected chi connectivity index (χ0v) is 20.8. The van der Waals surface area contributed by atoms with Crippen LogP contribution >= 0.6 is 11.6 Å². The molecule has 0 radical (unpaired) electrons. The normalized spacial score (nSPS) is 39.6. The second-order valence-electron chi connectivity index (χ2n) is 11.4. The number of aliphatic carboxylic acids is 1. The third-order valence-corrected chi connectivity index (χ3v) is 10.2. The van der Waals surface area contributed by atoms with Gasteiger partial charge in [0.2, 0.25) is 0 Å². The molecule has 0 aliphatic heterocycles. The third kappa shape index (κ3) is 2.76. The Morgan fingerprint density at radius 1 is 1.21 bits per heavy atom. The zero-order chi connectivity index (χ0) is 24.5. The van der Waals surface area contributed by atoms with E-state index in [2.05, 4.69) is 13.0 Å². The fourth-order valence-corrected chi connectivity index (χ4v) is 8.96. The fraction of sp³-hybridized carbons (Fsp3) is 0.607. The molecule has 3 fully saturated rings. The summed E-state index contributed by atoms with van der Waals surface area (Å²) in [7, 11) is 0. The number of allylic oxidation sites excluding steroid dienone is 1. The molecule has 0 spiro atoms. The van der Waals surface area contributed by atoms with E-state index in [9.17, 15) is 19.5 Å². The lowest BCUT2D eigenvalue weighted by Gasteiger charge is -2.58. The highest BCUT2D eigenvalue weighted by Crippen LogP contribution is 2.83. The third-order valence-electron chi connectivity index (χ3n) is 9.98. The molecule has 1 aromatic rings. The molecule has 4 aliphatic carbocycles. The van der Waals surface area contributed by atoms with Crippen molar-refractivity contribution in [2.45, 2.75) is 52.9 Å². The maximum Gasteiger partial charge on any atom is 0.338 e. The molecule has 3 saturated carbocycles. The molecule has 1 N–H and O–H groups in total. The highest BCUT2D eigenvalue weighted by atomic mass is 35.5. The molecule has 1 aromatic carbocycles. The van der Waals surface area contributed by atoms with Crippen molar-refractivity contribution >= 4 is 29.8 Å². The molecule has 0 aromatic heterocycles. The van der Waals surface area contributed by atoms with Crippen LogP contribution in [0.1, 0.15) is 63.2 Å². The summed E-state index contributed by atoms with van der Waals surface area (Å²) in [5.41, 5.74) is -1.39. The Bertz CT molecular complexity index is 1060. The number of esters is 1. The van der Waals surface area contributed by atoms with E-state index >= 15 is 0 Å². The molecule has 4 bridgehead atoms. The van der Waals surface area contributed by atoms with Crippen LogP contribution in [-0.2, 0) is 14.3 Å². The average Bonchev–Trinajstić information content (AvgIpc) is 3.36. The Kier molecular flexibility index (Phi) is 5.51. The number of halogens is 1. The summed E-state index contributed by atoms with van der Waals surface area (Å²) in [6.07, 6.45) is 6.97. The second kappa shape index (κ2) is 7.94. The van der Waals surface area contributed by atoms with Crippen LogP contribution in [0.3, 0.4) is 0 Å². The van der Waals surface area contributed by atoms with Gasteiger partial charge in [-0.25, -0.2) is 4.79 Å². The Morgan fingerprint density at radius 2 is 1.91 bits per heavy atom. The Morgan fingerprint density at radius 3 is 2.53 bits per heavy atom. The van der Waals surface area contributed by atoms with Gasteiger partial charge in [0.25, 0.3) is 0 Å². The highest BCUT2D eigenvalue weighted by molar-refractivity contribution is 6.30. The molecule has 182 valence electrons. The van der Waals surface area contributed by atoms with Gasteiger partial charge in [-0.05, 0) is 79.5 Å². The number of ether oxygens (including phenoxy) is 1. The van der Waals surface area contributed by atoms with Gasteiger partial charge >= 0.3 is 11.9 Å². The molecule has 5 rings (SSSR count). The minimum atomic E-state index is -1.22. The summed E-state index contributed by atoms with van der Waals surface area (Å²) in [6.45, 7) is 6.45. The van der Waals surface area contributed by atoms with Crippen LogP contribution in [0.15, 0.2) is 35.9 Å². The van der Waals surface area contributed by atoms with Crippen molar-refractivity contribution < 1.29 is 24.2 Å². The second-order valence-corrected chi connectivity index (χ2v) is 11.8. The molecule has 6 heteroatoms.